The molecule has 24 heavy (non-hydrogen) atoms. The van der Waals surface area contributed by atoms with Crippen LogP contribution in [0.5, 0.6) is 0 Å². The van der Waals surface area contributed by atoms with Gasteiger partial charge < -0.3 is 0 Å². The van der Waals surface area contributed by atoms with Crippen LogP contribution in [0.2, 0.25) is 5.82 Å². The molecule has 1 saturated heterocycles. The molecule has 1 heterocycles. The average Bonchev–Trinajstić information content (AvgIpc) is 3.30. The third-order valence-electron chi connectivity index (χ3n) is 5.32. The molecule has 1 fully saturated rings. The minimum absolute atomic E-state index is 0.321. The Hall–Kier alpha value is -2.11. The molecular weight excluding hydrogens is 306 g/mol. The number of hydrogen-bond acceptors (Lipinski definition) is 0. The molecule has 0 nitrogen and oxygen atoms in total. The first-order chi connectivity index (χ1) is 11.9. The lowest BCUT2D eigenvalue weighted by Crippen LogP contribution is -2.43. The van der Waals surface area contributed by atoms with E-state index in [1.54, 1.807) is 10.8 Å². The molecule has 0 aromatic heterocycles. The van der Waals surface area contributed by atoms with E-state index >= 15 is 0 Å². The van der Waals surface area contributed by atoms with Crippen molar-refractivity contribution in [1.29, 1.82) is 0 Å². The Morgan fingerprint density at radius 2 is 1.46 bits per heavy atom. The van der Waals surface area contributed by atoms with E-state index in [1.165, 1.54) is 10.8 Å². The van der Waals surface area contributed by atoms with Gasteiger partial charge in [0.1, 0.15) is 0 Å². The molecule has 3 atom stereocenters. The number of benzene rings is 2. The van der Waals surface area contributed by atoms with Crippen molar-refractivity contribution in [3.63, 3.8) is 0 Å². The fourth-order valence-corrected chi connectivity index (χ4v) is 7.39. The van der Waals surface area contributed by atoms with E-state index in [4.69, 9.17) is 0 Å². The number of allylic oxidation sites excluding steroid dienone is 8. The van der Waals surface area contributed by atoms with Gasteiger partial charge in [-0.3, -0.25) is 0 Å². The van der Waals surface area contributed by atoms with Gasteiger partial charge in [0.15, 0.2) is 0 Å². The van der Waals surface area contributed by atoms with Gasteiger partial charge in [-0.1, -0.05) is 108 Å². The van der Waals surface area contributed by atoms with Crippen LogP contribution in [0.4, 0.5) is 0 Å². The lowest BCUT2D eigenvalue weighted by Gasteiger charge is -2.41. The minimum atomic E-state index is -0.321. The monoisotopic (exact) mass is 324 g/mol. The van der Waals surface area contributed by atoms with Crippen molar-refractivity contribution in [3.8, 4) is 0 Å². The molecule has 3 unspecified atom stereocenters. The highest BCUT2D eigenvalue weighted by atomic mass is 31.1. The van der Waals surface area contributed by atoms with Crippen molar-refractivity contribution >= 4 is 25.4 Å². The summed E-state index contributed by atoms with van der Waals surface area (Å²) >= 11 is 0. The lowest BCUT2D eigenvalue weighted by atomic mass is 9.32. The van der Waals surface area contributed by atoms with Crippen LogP contribution in [-0.2, 0) is 0 Å². The fraction of sp³-hybridized carbons (Fsp3) is 0.0909. The molecule has 3 aliphatic rings. The van der Waals surface area contributed by atoms with Crippen molar-refractivity contribution in [2.75, 3.05) is 0 Å². The van der Waals surface area contributed by atoms with Crippen LogP contribution in [0.1, 0.15) is 0 Å². The van der Waals surface area contributed by atoms with Crippen molar-refractivity contribution in [1.82, 2.24) is 0 Å². The van der Waals surface area contributed by atoms with E-state index < -0.39 is 0 Å². The van der Waals surface area contributed by atoms with Gasteiger partial charge in [0.2, 0.25) is 6.71 Å². The van der Waals surface area contributed by atoms with Gasteiger partial charge in [0.05, 0.1) is 0 Å². The van der Waals surface area contributed by atoms with Gasteiger partial charge in [-0.15, -0.1) is 0 Å². The average molecular weight is 324 g/mol. The molecule has 2 aromatic carbocycles. The second-order valence-electron chi connectivity index (χ2n) is 6.59. The number of hydrogen-bond donors (Lipinski definition) is 0. The second kappa shape index (κ2) is 5.76. The first-order valence-corrected chi connectivity index (χ1v) is 10.0. The number of rotatable bonds is 2. The van der Waals surface area contributed by atoms with Gasteiger partial charge in [0, 0.05) is 5.66 Å². The quantitative estimate of drug-likeness (QED) is 0.566. The molecule has 2 aromatic rings. The molecule has 0 saturated carbocycles. The van der Waals surface area contributed by atoms with Gasteiger partial charge in [-0.05, 0) is 24.4 Å². The third kappa shape index (κ3) is 2.12. The molecule has 0 bridgehead atoms. The molecular formula is C22H18BP. The molecule has 2 heteroatoms. The zero-order chi connectivity index (χ0) is 15.9. The molecule has 114 valence electrons. The van der Waals surface area contributed by atoms with Crippen molar-refractivity contribution < 1.29 is 0 Å². The largest absolute Gasteiger partial charge is 0.216 e. The summed E-state index contributed by atoms with van der Waals surface area (Å²) in [6.45, 7) is 0.485. The zero-order valence-corrected chi connectivity index (χ0v) is 14.3. The molecule has 0 amide bonds. The summed E-state index contributed by atoms with van der Waals surface area (Å²) < 4.78 is 0. The highest BCUT2D eigenvalue weighted by Gasteiger charge is 2.46. The van der Waals surface area contributed by atoms with Crippen LogP contribution in [0.15, 0.2) is 108 Å². The highest BCUT2D eigenvalue weighted by molar-refractivity contribution is 7.71. The molecule has 5 rings (SSSR count). The summed E-state index contributed by atoms with van der Waals surface area (Å²) in [7, 11) is -0.321. The van der Waals surface area contributed by atoms with E-state index in [1.807, 2.05) is 0 Å². The van der Waals surface area contributed by atoms with E-state index in [0.29, 0.717) is 18.2 Å². The van der Waals surface area contributed by atoms with Crippen LogP contribution in [0.3, 0.4) is 0 Å². The first kappa shape index (κ1) is 14.3. The predicted molar refractivity (Wildman–Crippen MR) is 107 cm³/mol. The van der Waals surface area contributed by atoms with Crippen LogP contribution in [0.25, 0.3) is 0 Å². The van der Waals surface area contributed by atoms with Gasteiger partial charge >= 0.3 is 0 Å². The molecule has 0 radical (unpaired) electrons. The smallest absolute Gasteiger partial charge is 0.0835 e. The number of fused-ring (bicyclic) bond motifs is 2. The summed E-state index contributed by atoms with van der Waals surface area (Å²) in [5, 5.41) is 3.14. The SMILES string of the molecule is C1=CC2B(c3ccccc3)C3=CC=CC3P(c3ccccc3)C2=C1. The predicted octanol–water partition coefficient (Wildman–Crippen LogP) is 4.44. The van der Waals surface area contributed by atoms with Crippen LogP contribution in [-0.4, -0.2) is 12.4 Å². The Kier molecular flexibility index (Phi) is 3.42. The Morgan fingerprint density at radius 3 is 2.25 bits per heavy atom. The van der Waals surface area contributed by atoms with Crippen LogP contribution < -0.4 is 10.8 Å². The Bertz CT molecular complexity index is 801. The minimum Gasteiger partial charge on any atom is -0.0835 e. The summed E-state index contributed by atoms with van der Waals surface area (Å²) in [6.07, 6.45) is 14.2. The summed E-state index contributed by atoms with van der Waals surface area (Å²) in [5.41, 5.74) is 3.60. The Balaban J connectivity index is 1.65. The third-order valence-corrected chi connectivity index (χ3v) is 8.20. The maximum Gasteiger partial charge on any atom is 0.216 e. The van der Waals surface area contributed by atoms with Crippen molar-refractivity contribution in [3.05, 3.63) is 108 Å². The van der Waals surface area contributed by atoms with Crippen molar-refractivity contribution in [2.45, 2.75) is 11.5 Å². The van der Waals surface area contributed by atoms with E-state index in [2.05, 4.69) is 97.1 Å². The molecule has 0 N–H and O–H groups in total. The highest BCUT2D eigenvalue weighted by Crippen LogP contribution is 2.63. The van der Waals surface area contributed by atoms with Gasteiger partial charge in [0.25, 0.3) is 0 Å². The topological polar surface area (TPSA) is 0 Å². The van der Waals surface area contributed by atoms with Crippen LogP contribution >= 0.6 is 7.92 Å². The molecule has 1 aliphatic heterocycles. The normalized spacial score (nSPS) is 26.8. The Labute approximate surface area is 145 Å². The van der Waals surface area contributed by atoms with Crippen LogP contribution in [0, 0.1) is 0 Å². The summed E-state index contributed by atoms with van der Waals surface area (Å²) in [6, 6.07) is 22.2. The standard InChI is InChI=1S/C22H18BP/c1-3-9-17(10-4-1)23-19-13-7-15-21(19)24(18-11-5-2-6-12-18)22-16-8-14-20(22)23/h1-16,19,22H. The van der Waals surface area contributed by atoms with E-state index in [-0.39, 0.29) is 7.92 Å². The fourth-order valence-electron chi connectivity index (χ4n) is 4.34. The first-order valence-electron chi connectivity index (χ1n) is 8.59. The summed E-state index contributed by atoms with van der Waals surface area (Å²) in [5.74, 6) is 0.515. The molecule has 0 spiro atoms. The summed E-state index contributed by atoms with van der Waals surface area (Å²) in [4.78, 5) is 0. The zero-order valence-electron chi connectivity index (χ0n) is 13.4. The van der Waals surface area contributed by atoms with Crippen molar-refractivity contribution in [2.24, 2.45) is 0 Å². The maximum atomic E-state index is 2.43. The second-order valence-corrected chi connectivity index (χ2v) is 8.92. The Morgan fingerprint density at radius 1 is 0.750 bits per heavy atom. The van der Waals surface area contributed by atoms with Gasteiger partial charge in [-0.25, -0.2) is 0 Å². The van der Waals surface area contributed by atoms with E-state index in [9.17, 15) is 0 Å². The van der Waals surface area contributed by atoms with Gasteiger partial charge in [-0.2, -0.15) is 0 Å². The maximum absolute atomic E-state index is 2.43. The van der Waals surface area contributed by atoms with E-state index in [0.717, 1.165) is 0 Å². The lowest BCUT2D eigenvalue weighted by molar-refractivity contribution is 1.23. The molecule has 2 aliphatic carbocycles.